The lowest BCUT2D eigenvalue weighted by Gasteiger charge is -2.57. The van der Waals surface area contributed by atoms with Gasteiger partial charge in [0.15, 0.2) is 0 Å². The van der Waals surface area contributed by atoms with Crippen LogP contribution in [0.5, 0.6) is 0 Å². The molecule has 0 bridgehead atoms. The Morgan fingerprint density at radius 1 is 1.44 bits per heavy atom. The molecule has 0 aromatic heterocycles. The molecule has 3 rings (SSSR count). The first-order valence-corrected chi connectivity index (χ1v) is 8.94. The molecule has 0 unspecified atom stereocenters. The zero-order chi connectivity index (χ0) is 12.8. The Balaban J connectivity index is 1.65. The fourth-order valence-electron chi connectivity index (χ4n) is 4.42. The predicted molar refractivity (Wildman–Crippen MR) is 74.1 cm³/mol. The molecule has 5 atom stereocenters. The Labute approximate surface area is 113 Å². The summed E-state index contributed by atoms with van der Waals surface area (Å²) in [4.78, 5) is 0. The maximum Gasteiger partial charge on any atom is 0.0690 e. The Bertz CT molecular complexity index is 341. The van der Waals surface area contributed by atoms with Crippen molar-refractivity contribution in [3.63, 3.8) is 0 Å². The summed E-state index contributed by atoms with van der Waals surface area (Å²) in [7, 11) is -0.718. The molecule has 3 nitrogen and oxygen atoms in total. The lowest BCUT2D eigenvalue weighted by molar-refractivity contribution is -0.130. The van der Waals surface area contributed by atoms with Gasteiger partial charge in [-0.05, 0) is 26.2 Å². The van der Waals surface area contributed by atoms with E-state index in [0.29, 0.717) is 17.6 Å². The summed E-state index contributed by atoms with van der Waals surface area (Å²) < 4.78 is 17.4. The summed E-state index contributed by atoms with van der Waals surface area (Å²) >= 11 is 0. The van der Waals surface area contributed by atoms with Gasteiger partial charge in [-0.1, -0.05) is 12.8 Å². The monoisotopic (exact) mass is 271 g/mol. The van der Waals surface area contributed by atoms with Crippen molar-refractivity contribution >= 4 is 10.8 Å². The van der Waals surface area contributed by atoms with Crippen LogP contribution in [0.15, 0.2) is 0 Å². The van der Waals surface area contributed by atoms with E-state index in [-0.39, 0.29) is 5.25 Å². The van der Waals surface area contributed by atoms with Gasteiger partial charge in [-0.3, -0.25) is 4.21 Å². The maximum absolute atomic E-state index is 11.4. The Kier molecular flexibility index (Phi) is 3.54. The average Bonchev–Trinajstić information content (AvgIpc) is 2.95. The minimum atomic E-state index is -0.718. The van der Waals surface area contributed by atoms with Crippen LogP contribution >= 0.6 is 0 Å². The van der Waals surface area contributed by atoms with Gasteiger partial charge in [0.25, 0.3) is 0 Å². The van der Waals surface area contributed by atoms with Crippen LogP contribution in [0.3, 0.4) is 0 Å². The Morgan fingerprint density at radius 2 is 2.17 bits per heavy atom. The minimum Gasteiger partial charge on any atom is -0.377 e. The molecular formula is C14H25NO2S. The average molecular weight is 271 g/mol. The van der Waals surface area contributed by atoms with Crippen LogP contribution in [0.1, 0.15) is 39.0 Å². The van der Waals surface area contributed by atoms with Crippen molar-refractivity contribution in [2.24, 2.45) is 11.3 Å². The quantitative estimate of drug-likeness (QED) is 0.845. The second kappa shape index (κ2) is 4.88. The van der Waals surface area contributed by atoms with Crippen molar-refractivity contribution in [2.75, 3.05) is 19.4 Å². The van der Waals surface area contributed by atoms with Crippen LogP contribution in [-0.4, -0.2) is 41.0 Å². The summed E-state index contributed by atoms with van der Waals surface area (Å²) in [5.41, 5.74) is 0.427. The first kappa shape index (κ1) is 13.1. The van der Waals surface area contributed by atoms with Crippen LogP contribution in [-0.2, 0) is 15.5 Å². The second-order valence-electron chi connectivity index (χ2n) is 6.38. The predicted octanol–water partition coefficient (Wildman–Crippen LogP) is 1.69. The Morgan fingerprint density at radius 3 is 2.83 bits per heavy atom. The van der Waals surface area contributed by atoms with Gasteiger partial charge in [-0.25, -0.2) is 0 Å². The number of hydrogen-bond acceptors (Lipinski definition) is 3. The summed E-state index contributed by atoms with van der Waals surface area (Å²) in [6.07, 6.45) is 8.93. The van der Waals surface area contributed by atoms with Gasteiger partial charge in [0.1, 0.15) is 0 Å². The number of ether oxygens (including phenoxy) is 1. The summed E-state index contributed by atoms with van der Waals surface area (Å²) in [6.45, 7) is 3.91. The third-order valence-electron chi connectivity index (χ3n) is 5.48. The van der Waals surface area contributed by atoms with Crippen LogP contribution in [0.2, 0.25) is 0 Å². The first-order valence-electron chi connectivity index (χ1n) is 7.32. The molecule has 1 saturated heterocycles. The zero-order valence-electron chi connectivity index (χ0n) is 11.5. The number of rotatable bonds is 4. The van der Waals surface area contributed by atoms with E-state index in [2.05, 4.69) is 12.2 Å². The molecule has 1 N–H and O–H groups in total. The van der Waals surface area contributed by atoms with Gasteiger partial charge < -0.3 is 10.1 Å². The molecule has 0 radical (unpaired) electrons. The SMILES string of the molecule is C[C@H](CN[C@@H]1[C@@H]2CCO[C@H]2C12CCCC2)[S@](C)=O. The van der Waals surface area contributed by atoms with E-state index >= 15 is 0 Å². The van der Waals surface area contributed by atoms with Gasteiger partial charge in [0, 0.05) is 52.8 Å². The molecule has 104 valence electrons. The second-order valence-corrected chi connectivity index (χ2v) is 8.18. The van der Waals surface area contributed by atoms with Gasteiger partial charge in [-0.15, -0.1) is 0 Å². The molecule has 0 aromatic rings. The van der Waals surface area contributed by atoms with Crippen LogP contribution in [0.4, 0.5) is 0 Å². The molecular weight excluding hydrogens is 246 g/mol. The van der Waals surface area contributed by atoms with Crippen molar-refractivity contribution < 1.29 is 8.95 Å². The molecule has 3 aliphatic rings. The van der Waals surface area contributed by atoms with Crippen molar-refractivity contribution in [3.05, 3.63) is 0 Å². The van der Waals surface area contributed by atoms with E-state index in [9.17, 15) is 4.21 Å². The highest BCUT2D eigenvalue weighted by atomic mass is 32.2. The summed E-state index contributed by atoms with van der Waals surface area (Å²) in [5.74, 6) is 0.723. The van der Waals surface area contributed by atoms with Crippen molar-refractivity contribution in [2.45, 2.75) is 56.4 Å². The third-order valence-corrected chi connectivity index (χ3v) is 6.78. The van der Waals surface area contributed by atoms with E-state index in [4.69, 9.17) is 4.74 Å². The molecule has 1 aliphatic heterocycles. The number of hydrogen-bond donors (Lipinski definition) is 1. The number of fused-ring (bicyclic) bond motifs is 2. The lowest BCUT2D eigenvalue weighted by Crippen LogP contribution is -2.68. The van der Waals surface area contributed by atoms with E-state index in [1.807, 2.05) is 0 Å². The van der Waals surface area contributed by atoms with Gasteiger partial charge in [0.05, 0.1) is 6.10 Å². The molecule has 18 heavy (non-hydrogen) atoms. The standard InChI is InChI=1S/C14H25NO2S/c1-10(18(2)16)9-15-12-11-5-8-17-13(11)14(12)6-3-4-7-14/h10-13,15H,3-9H2,1-2H3/t10-,11+,12-,13-,18+/m1/s1. The van der Waals surface area contributed by atoms with E-state index < -0.39 is 10.8 Å². The van der Waals surface area contributed by atoms with Gasteiger partial charge in [-0.2, -0.15) is 0 Å². The topological polar surface area (TPSA) is 38.3 Å². The highest BCUT2D eigenvalue weighted by Gasteiger charge is 2.64. The fourth-order valence-corrected chi connectivity index (χ4v) is 4.75. The summed E-state index contributed by atoms with van der Waals surface area (Å²) in [5, 5.41) is 3.99. The van der Waals surface area contributed by atoms with E-state index in [0.717, 1.165) is 19.1 Å². The van der Waals surface area contributed by atoms with Crippen LogP contribution in [0, 0.1) is 11.3 Å². The van der Waals surface area contributed by atoms with Crippen molar-refractivity contribution in [3.8, 4) is 0 Å². The third kappa shape index (κ3) is 1.88. The van der Waals surface area contributed by atoms with Crippen molar-refractivity contribution in [1.29, 1.82) is 0 Å². The van der Waals surface area contributed by atoms with Crippen molar-refractivity contribution in [1.82, 2.24) is 5.32 Å². The largest absolute Gasteiger partial charge is 0.377 e. The molecule has 0 aromatic carbocycles. The minimum absolute atomic E-state index is 0.254. The van der Waals surface area contributed by atoms with Crippen LogP contribution in [0.25, 0.3) is 0 Å². The van der Waals surface area contributed by atoms with Gasteiger partial charge >= 0.3 is 0 Å². The number of nitrogens with one attached hydrogen (secondary N) is 1. The molecule has 2 saturated carbocycles. The lowest BCUT2D eigenvalue weighted by atomic mass is 9.54. The maximum atomic E-state index is 11.4. The molecule has 3 fully saturated rings. The smallest absolute Gasteiger partial charge is 0.0690 e. The fraction of sp³-hybridized carbons (Fsp3) is 1.00. The van der Waals surface area contributed by atoms with E-state index in [1.165, 1.54) is 32.1 Å². The highest BCUT2D eigenvalue weighted by Crippen LogP contribution is 2.60. The van der Waals surface area contributed by atoms with Gasteiger partial charge in [0.2, 0.25) is 0 Å². The summed E-state index contributed by atoms with van der Waals surface area (Å²) in [6, 6.07) is 0.624. The highest BCUT2D eigenvalue weighted by molar-refractivity contribution is 7.84. The molecule has 1 spiro atoms. The first-order chi connectivity index (χ1) is 8.65. The zero-order valence-corrected chi connectivity index (χ0v) is 12.3. The molecule has 0 amide bonds. The molecule has 4 heteroatoms. The molecule has 1 heterocycles. The Hall–Kier alpha value is 0.0700. The normalized spacial score (nSPS) is 40.4. The van der Waals surface area contributed by atoms with E-state index in [1.54, 1.807) is 6.26 Å². The van der Waals surface area contributed by atoms with Crippen LogP contribution < -0.4 is 5.32 Å². The molecule has 2 aliphatic carbocycles.